The van der Waals surface area contributed by atoms with Crippen LogP contribution < -0.4 is 9.47 Å². The number of carbonyl (C=O) groups excluding carboxylic acids is 1. The van der Waals surface area contributed by atoms with Crippen LogP contribution >= 0.6 is 0 Å². The van der Waals surface area contributed by atoms with Crippen molar-refractivity contribution in [1.82, 2.24) is 4.90 Å². The molecular weight excluding hydrogens is 300 g/mol. The predicted octanol–water partition coefficient (Wildman–Crippen LogP) is 1.41. The fraction of sp³-hybridized carbons (Fsp3) is 0.438. The average molecular weight is 318 g/mol. The molecule has 1 heterocycles. The molecule has 0 spiro atoms. The molecule has 2 rings (SSSR count). The van der Waals surface area contributed by atoms with Crippen molar-refractivity contribution in [3.63, 3.8) is 0 Å². The second-order valence-electron chi connectivity index (χ2n) is 5.20. The molecule has 0 saturated carbocycles. The molecule has 1 fully saturated rings. The minimum atomic E-state index is -0.992. The predicted molar refractivity (Wildman–Crippen MR) is 80.2 cm³/mol. The van der Waals surface area contributed by atoms with Crippen molar-refractivity contribution >= 4 is 11.9 Å². The topological polar surface area (TPSA) is 99.9 Å². The molecule has 0 radical (unpaired) electrons. The highest BCUT2D eigenvalue weighted by Gasteiger charge is 2.32. The molecule has 1 amide bonds. The smallest absolute Gasteiger partial charge is 0.326 e. The number of rotatable bonds is 5. The fourth-order valence-corrected chi connectivity index (χ4v) is 2.57. The second-order valence-corrected chi connectivity index (χ2v) is 5.20. The molecule has 1 aliphatic heterocycles. The lowest BCUT2D eigenvalue weighted by atomic mass is 10.0. The summed E-state index contributed by atoms with van der Waals surface area (Å²) in [5, 5.41) is 18.1. The van der Waals surface area contributed by atoms with Gasteiger partial charge in [0, 0.05) is 12.6 Å². The lowest BCUT2D eigenvalue weighted by Crippen LogP contribution is -2.49. The van der Waals surface area contributed by atoms with E-state index < -0.39 is 12.0 Å². The Morgan fingerprint density at radius 3 is 2.83 bits per heavy atom. The van der Waals surface area contributed by atoms with Gasteiger partial charge in [-0.15, -0.1) is 0 Å². The monoisotopic (exact) mass is 318 g/mol. The summed E-state index contributed by atoms with van der Waals surface area (Å²) in [5.74, 6) is -0.675. The van der Waals surface area contributed by atoms with Crippen LogP contribution in [0.1, 0.15) is 24.8 Å². The number of nitrogens with zero attached hydrogens (tertiary/aromatic N) is 2. The molecule has 1 N–H and O–H groups in total. The van der Waals surface area contributed by atoms with Crippen molar-refractivity contribution in [3.8, 4) is 17.6 Å². The van der Waals surface area contributed by atoms with Gasteiger partial charge in [0.1, 0.15) is 6.04 Å². The van der Waals surface area contributed by atoms with Gasteiger partial charge in [0.25, 0.3) is 5.91 Å². The van der Waals surface area contributed by atoms with Crippen molar-refractivity contribution in [1.29, 1.82) is 5.26 Å². The van der Waals surface area contributed by atoms with E-state index in [1.165, 1.54) is 18.1 Å². The summed E-state index contributed by atoms with van der Waals surface area (Å²) in [6.07, 6.45) is 2.04. The highest BCUT2D eigenvalue weighted by atomic mass is 16.5. The van der Waals surface area contributed by atoms with Crippen LogP contribution in [-0.2, 0) is 9.59 Å². The van der Waals surface area contributed by atoms with E-state index in [2.05, 4.69) is 0 Å². The molecule has 1 saturated heterocycles. The van der Waals surface area contributed by atoms with Gasteiger partial charge in [-0.1, -0.05) is 0 Å². The summed E-state index contributed by atoms with van der Waals surface area (Å²) < 4.78 is 10.6. The maximum Gasteiger partial charge on any atom is 0.326 e. The highest BCUT2D eigenvalue weighted by molar-refractivity contribution is 5.84. The van der Waals surface area contributed by atoms with Gasteiger partial charge in [-0.05, 0) is 31.4 Å². The van der Waals surface area contributed by atoms with Gasteiger partial charge in [0.15, 0.2) is 18.1 Å². The molecule has 122 valence electrons. The van der Waals surface area contributed by atoms with Crippen molar-refractivity contribution < 1.29 is 24.2 Å². The van der Waals surface area contributed by atoms with Crippen LogP contribution in [0, 0.1) is 11.3 Å². The van der Waals surface area contributed by atoms with Crippen LogP contribution in [0.2, 0.25) is 0 Å². The quantitative estimate of drug-likeness (QED) is 0.881. The molecule has 0 bridgehead atoms. The Bertz CT molecular complexity index is 638. The molecule has 1 unspecified atom stereocenters. The largest absolute Gasteiger partial charge is 0.493 e. The van der Waals surface area contributed by atoms with Crippen LogP contribution in [0.5, 0.6) is 11.5 Å². The Morgan fingerprint density at radius 1 is 1.39 bits per heavy atom. The van der Waals surface area contributed by atoms with Crippen molar-refractivity contribution in [3.05, 3.63) is 23.8 Å². The van der Waals surface area contributed by atoms with Gasteiger partial charge in [-0.25, -0.2) is 4.79 Å². The van der Waals surface area contributed by atoms with Crippen LogP contribution in [0.4, 0.5) is 0 Å². The highest BCUT2D eigenvalue weighted by Crippen LogP contribution is 2.28. The Morgan fingerprint density at radius 2 is 2.17 bits per heavy atom. The number of carboxylic acid groups (broad SMARTS) is 1. The van der Waals surface area contributed by atoms with E-state index in [-0.39, 0.29) is 12.5 Å². The molecule has 1 atom stereocenters. The van der Waals surface area contributed by atoms with E-state index in [0.717, 1.165) is 12.8 Å². The van der Waals surface area contributed by atoms with Crippen LogP contribution in [0.3, 0.4) is 0 Å². The van der Waals surface area contributed by atoms with Crippen LogP contribution in [0.15, 0.2) is 18.2 Å². The number of methoxy groups -OCH3 is 1. The number of nitriles is 1. The number of carbonyl (C=O) groups is 2. The SMILES string of the molecule is COc1cc(C#N)ccc1OCC(=O)N1CCCCC1C(=O)O. The Labute approximate surface area is 134 Å². The summed E-state index contributed by atoms with van der Waals surface area (Å²) >= 11 is 0. The summed E-state index contributed by atoms with van der Waals surface area (Å²) in [4.78, 5) is 24.8. The molecule has 7 heteroatoms. The number of benzene rings is 1. The van der Waals surface area contributed by atoms with Gasteiger partial charge < -0.3 is 19.5 Å². The summed E-state index contributed by atoms with van der Waals surface area (Å²) in [6.45, 7) is 0.149. The maximum atomic E-state index is 12.3. The number of piperidine rings is 1. The van der Waals surface area contributed by atoms with Crippen molar-refractivity contribution in [2.75, 3.05) is 20.3 Å². The minimum Gasteiger partial charge on any atom is -0.493 e. The number of hydrogen-bond donors (Lipinski definition) is 1. The zero-order valence-corrected chi connectivity index (χ0v) is 12.8. The van der Waals surface area contributed by atoms with E-state index in [1.54, 1.807) is 12.1 Å². The van der Waals surface area contributed by atoms with Gasteiger partial charge in [-0.2, -0.15) is 5.26 Å². The molecule has 1 aliphatic rings. The number of ether oxygens (including phenoxy) is 2. The molecule has 23 heavy (non-hydrogen) atoms. The summed E-state index contributed by atoms with van der Waals surface area (Å²) in [5.41, 5.74) is 0.419. The van der Waals surface area contributed by atoms with Gasteiger partial charge >= 0.3 is 5.97 Å². The molecule has 7 nitrogen and oxygen atoms in total. The van der Waals surface area contributed by atoms with Crippen molar-refractivity contribution in [2.24, 2.45) is 0 Å². The maximum absolute atomic E-state index is 12.3. The first-order valence-electron chi connectivity index (χ1n) is 7.30. The lowest BCUT2D eigenvalue weighted by molar-refractivity contribution is -0.152. The van der Waals surface area contributed by atoms with E-state index in [1.807, 2.05) is 6.07 Å². The zero-order valence-electron chi connectivity index (χ0n) is 12.8. The molecule has 1 aromatic carbocycles. The lowest BCUT2D eigenvalue weighted by Gasteiger charge is -2.32. The second kappa shape index (κ2) is 7.49. The molecule has 0 aromatic heterocycles. The Balaban J connectivity index is 2.04. The normalized spacial score (nSPS) is 17.2. The van der Waals surface area contributed by atoms with E-state index >= 15 is 0 Å². The molecule has 0 aliphatic carbocycles. The number of likely N-dealkylation sites (tertiary alicyclic amines) is 1. The first-order chi connectivity index (χ1) is 11.1. The van der Waals surface area contributed by atoms with E-state index in [9.17, 15) is 14.7 Å². The van der Waals surface area contributed by atoms with Crippen molar-refractivity contribution in [2.45, 2.75) is 25.3 Å². The minimum absolute atomic E-state index is 0.272. The first kappa shape index (κ1) is 16.6. The fourth-order valence-electron chi connectivity index (χ4n) is 2.57. The third kappa shape index (κ3) is 3.92. The van der Waals surface area contributed by atoms with Gasteiger partial charge in [0.2, 0.25) is 0 Å². The molecule has 1 aromatic rings. The number of hydrogen-bond acceptors (Lipinski definition) is 5. The van der Waals surface area contributed by atoms with Crippen LogP contribution in [-0.4, -0.2) is 48.2 Å². The van der Waals surface area contributed by atoms with Crippen LogP contribution in [0.25, 0.3) is 0 Å². The summed E-state index contributed by atoms with van der Waals surface area (Å²) in [6, 6.07) is 5.82. The first-order valence-corrected chi connectivity index (χ1v) is 7.30. The summed E-state index contributed by atoms with van der Waals surface area (Å²) in [7, 11) is 1.44. The van der Waals surface area contributed by atoms with E-state index in [0.29, 0.717) is 30.0 Å². The third-order valence-electron chi connectivity index (χ3n) is 3.75. The number of amides is 1. The Hall–Kier alpha value is -2.75. The molecular formula is C16H18N2O5. The Kier molecular flexibility index (Phi) is 5.41. The standard InChI is InChI=1S/C16H18N2O5/c1-22-14-8-11(9-17)5-6-13(14)23-10-15(19)18-7-3-2-4-12(18)16(20)21/h5-6,8,12H,2-4,7,10H2,1H3,(H,20,21). The average Bonchev–Trinajstić information content (AvgIpc) is 2.59. The third-order valence-corrected chi connectivity index (χ3v) is 3.75. The number of aliphatic carboxylic acids is 1. The zero-order chi connectivity index (χ0) is 16.8. The van der Waals surface area contributed by atoms with Gasteiger partial charge in [-0.3, -0.25) is 4.79 Å². The van der Waals surface area contributed by atoms with E-state index in [4.69, 9.17) is 14.7 Å². The number of carboxylic acids is 1. The van der Waals surface area contributed by atoms with Gasteiger partial charge in [0.05, 0.1) is 18.7 Å².